The minimum Gasteiger partial charge on any atom is -0.432 e. The number of benzene rings is 1. The van der Waals surface area contributed by atoms with Crippen LogP contribution in [0.1, 0.15) is 21.7 Å². The summed E-state index contributed by atoms with van der Waals surface area (Å²) in [6.45, 7) is 0.433. The van der Waals surface area contributed by atoms with Crippen LogP contribution in [0.15, 0.2) is 30.5 Å². The molecule has 1 N–H and O–H groups in total. The second-order valence-corrected chi connectivity index (χ2v) is 5.31. The molecule has 0 saturated carbocycles. The summed E-state index contributed by atoms with van der Waals surface area (Å²) in [6.07, 6.45) is 1.32. The van der Waals surface area contributed by atoms with Crippen LogP contribution in [0.25, 0.3) is 5.65 Å². The summed E-state index contributed by atoms with van der Waals surface area (Å²) in [5, 5.41) is 6.51. The monoisotopic (exact) mass is 350 g/mol. The van der Waals surface area contributed by atoms with E-state index in [1.807, 2.05) is 6.92 Å². The van der Waals surface area contributed by atoms with E-state index in [0.717, 1.165) is 23.9 Å². The fraction of sp³-hybridized carbons (Fsp3) is 0.188. The number of fused-ring (bicyclic) bond motifs is 1. The van der Waals surface area contributed by atoms with Crippen molar-refractivity contribution in [1.82, 2.24) is 14.6 Å². The van der Waals surface area contributed by atoms with Crippen LogP contribution < -0.4 is 10.1 Å². The van der Waals surface area contributed by atoms with Crippen molar-refractivity contribution in [2.75, 3.05) is 5.32 Å². The average molecular weight is 350 g/mol. The van der Waals surface area contributed by atoms with Crippen molar-refractivity contribution >= 4 is 17.2 Å². The molecule has 2 heterocycles. The summed E-state index contributed by atoms with van der Waals surface area (Å²) < 4.78 is 43.9. The Hall–Kier alpha value is -3.10. The number of alkyl halides is 2. The van der Waals surface area contributed by atoms with Gasteiger partial charge >= 0.3 is 6.61 Å². The summed E-state index contributed by atoms with van der Waals surface area (Å²) in [5.74, 6) is -1.86. The zero-order valence-electron chi connectivity index (χ0n) is 13.3. The predicted octanol–water partition coefficient (Wildman–Crippen LogP) is 3.34. The lowest BCUT2D eigenvalue weighted by Gasteiger charge is -2.11. The van der Waals surface area contributed by atoms with Gasteiger partial charge in [0.25, 0.3) is 5.91 Å². The van der Waals surface area contributed by atoms with Gasteiger partial charge in [-0.25, -0.2) is 13.9 Å². The molecular formula is C16H13F3N4O2. The number of aromatic nitrogens is 3. The number of carbonyl (C=O) groups excluding carboxylic acids is 1. The Balaban J connectivity index is 1.96. The number of hydrogen-bond donors (Lipinski definition) is 1. The van der Waals surface area contributed by atoms with Gasteiger partial charge in [0.05, 0.1) is 11.9 Å². The maximum Gasteiger partial charge on any atom is 0.387 e. The topological polar surface area (TPSA) is 68.5 Å². The Morgan fingerprint density at radius 3 is 2.76 bits per heavy atom. The molecule has 0 fully saturated rings. The molecule has 6 nitrogen and oxygen atoms in total. The standard InChI is InChI=1S/C16H13F3N4O2/c1-8-5-9(2)23-14(21-8)11(7-20-23)15(24)22-12-4-3-10(17)6-13(12)25-16(18)19/h3-7,16H,1-2H3,(H,22,24). The molecule has 0 radical (unpaired) electrons. The van der Waals surface area contributed by atoms with Gasteiger partial charge in [0.2, 0.25) is 0 Å². The highest BCUT2D eigenvalue weighted by Crippen LogP contribution is 2.28. The molecule has 0 bridgehead atoms. The van der Waals surface area contributed by atoms with Gasteiger partial charge in [0, 0.05) is 17.5 Å². The van der Waals surface area contributed by atoms with Gasteiger partial charge < -0.3 is 10.1 Å². The van der Waals surface area contributed by atoms with Gasteiger partial charge in [-0.3, -0.25) is 4.79 Å². The minimum atomic E-state index is -3.15. The van der Waals surface area contributed by atoms with Gasteiger partial charge in [-0.15, -0.1) is 0 Å². The highest BCUT2D eigenvalue weighted by molar-refractivity contribution is 6.08. The summed E-state index contributed by atoms with van der Waals surface area (Å²) in [4.78, 5) is 16.8. The number of nitrogens with one attached hydrogen (secondary N) is 1. The smallest absolute Gasteiger partial charge is 0.387 e. The van der Waals surface area contributed by atoms with Crippen molar-refractivity contribution in [3.05, 3.63) is 53.2 Å². The Labute approximate surface area is 140 Å². The molecule has 1 amide bonds. The van der Waals surface area contributed by atoms with E-state index in [4.69, 9.17) is 0 Å². The first-order chi connectivity index (χ1) is 11.8. The molecule has 0 aliphatic carbocycles. The molecule has 2 aromatic heterocycles. The molecule has 25 heavy (non-hydrogen) atoms. The second-order valence-electron chi connectivity index (χ2n) is 5.31. The quantitative estimate of drug-likeness (QED) is 0.784. The van der Waals surface area contributed by atoms with E-state index >= 15 is 0 Å². The Kier molecular flexibility index (Phi) is 4.30. The lowest BCUT2D eigenvalue weighted by atomic mass is 10.2. The van der Waals surface area contributed by atoms with Crippen LogP contribution in [-0.4, -0.2) is 27.1 Å². The van der Waals surface area contributed by atoms with Crippen molar-refractivity contribution < 1.29 is 22.7 Å². The fourth-order valence-electron chi connectivity index (χ4n) is 2.41. The lowest BCUT2D eigenvalue weighted by Crippen LogP contribution is -2.14. The Morgan fingerprint density at radius 2 is 2.04 bits per heavy atom. The Morgan fingerprint density at radius 1 is 1.28 bits per heavy atom. The number of hydrogen-bond acceptors (Lipinski definition) is 4. The number of carbonyl (C=O) groups is 1. The first-order valence-electron chi connectivity index (χ1n) is 7.23. The first-order valence-corrected chi connectivity index (χ1v) is 7.23. The summed E-state index contributed by atoms with van der Waals surface area (Å²) in [6, 6.07) is 4.73. The molecule has 0 atom stereocenters. The average Bonchev–Trinajstić information content (AvgIpc) is 2.93. The maximum absolute atomic E-state index is 13.2. The minimum absolute atomic E-state index is 0.0876. The molecule has 3 aromatic rings. The highest BCUT2D eigenvalue weighted by atomic mass is 19.3. The normalized spacial score (nSPS) is 11.1. The molecule has 0 aliphatic rings. The SMILES string of the molecule is Cc1cc(C)n2ncc(C(=O)Nc3ccc(F)cc3OC(F)F)c2n1. The molecule has 0 unspecified atom stereocenters. The van der Waals surface area contributed by atoms with Crippen LogP contribution in [0, 0.1) is 19.7 Å². The van der Waals surface area contributed by atoms with Gasteiger partial charge in [-0.05, 0) is 32.0 Å². The largest absolute Gasteiger partial charge is 0.432 e. The maximum atomic E-state index is 13.2. The van der Waals surface area contributed by atoms with Crippen molar-refractivity contribution in [2.24, 2.45) is 0 Å². The first kappa shape index (κ1) is 16.7. The van der Waals surface area contributed by atoms with Crippen molar-refractivity contribution in [1.29, 1.82) is 0 Å². The van der Waals surface area contributed by atoms with Crippen LogP contribution in [0.4, 0.5) is 18.9 Å². The number of rotatable bonds is 4. The van der Waals surface area contributed by atoms with Gasteiger partial charge in [0.1, 0.15) is 11.4 Å². The third-order valence-corrected chi connectivity index (χ3v) is 3.43. The second kappa shape index (κ2) is 6.42. The van der Waals surface area contributed by atoms with Gasteiger partial charge in [-0.2, -0.15) is 13.9 Å². The van der Waals surface area contributed by atoms with Gasteiger partial charge in [-0.1, -0.05) is 0 Å². The highest BCUT2D eigenvalue weighted by Gasteiger charge is 2.18. The van der Waals surface area contributed by atoms with Crippen molar-refractivity contribution in [3.8, 4) is 5.75 Å². The number of aryl methyl sites for hydroxylation is 2. The van der Waals surface area contributed by atoms with Crippen LogP contribution in [0.5, 0.6) is 5.75 Å². The number of halogens is 3. The zero-order valence-corrected chi connectivity index (χ0v) is 13.3. The van der Waals surface area contributed by atoms with E-state index in [0.29, 0.717) is 11.3 Å². The number of amides is 1. The molecule has 9 heteroatoms. The van der Waals surface area contributed by atoms with Crippen LogP contribution in [0.2, 0.25) is 0 Å². The van der Waals surface area contributed by atoms with Crippen LogP contribution >= 0.6 is 0 Å². The van der Waals surface area contributed by atoms with E-state index in [-0.39, 0.29) is 11.3 Å². The number of nitrogens with zero attached hydrogens (tertiary/aromatic N) is 3. The summed E-state index contributed by atoms with van der Waals surface area (Å²) in [5.41, 5.74) is 1.87. The molecule has 1 aromatic carbocycles. The number of anilines is 1. The zero-order chi connectivity index (χ0) is 18.1. The lowest BCUT2D eigenvalue weighted by molar-refractivity contribution is -0.0495. The van der Waals surface area contributed by atoms with E-state index in [9.17, 15) is 18.0 Å². The molecular weight excluding hydrogens is 337 g/mol. The van der Waals surface area contributed by atoms with Crippen LogP contribution in [0.3, 0.4) is 0 Å². The fourth-order valence-corrected chi connectivity index (χ4v) is 2.41. The van der Waals surface area contributed by atoms with Crippen molar-refractivity contribution in [3.63, 3.8) is 0 Å². The third kappa shape index (κ3) is 3.39. The molecule has 3 rings (SSSR count). The van der Waals surface area contributed by atoms with E-state index in [1.165, 1.54) is 10.7 Å². The predicted molar refractivity (Wildman–Crippen MR) is 83.4 cm³/mol. The molecule has 130 valence electrons. The number of ether oxygens (including phenoxy) is 1. The summed E-state index contributed by atoms with van der Waals surface area (Å²) in [7, 11) is 0. The van der Waals surface area contributed by atoms with E-state index < -0.39 is 24.1 Å². The van der Waals surface area contributed by atoms with E-state index in [1.54, 1.807) is 13.0 Å². The Bertz CT molecular complexity index is 956. The molecule has 0 spiro atoms. The molecule has 0 aliphatic heterocycles. The van der Waals surface area contributed by atoms with Crippen LogP contribution in [-0.2, 0) is 0 Å². The van der Waals surface area contributed by atoms with Crippen molar-refractivity contribution in [2.45, 2.75) is 20.5 Å². The third-order valence-electron chi connectivity index (χ3n) is 3.43. The summed E-state index contributed by atoms with van der Waals surface area (Å²) >= 11 is 0. The molecule has 0 saturated heterocycles. The van der Waals surface area contributed by atoms with Gasteiger partial charge in [0.15, 0.2) is 11.4 Å². The van der Waals surface area contributed by atoms with E-state index in [2.05, 4.69) is 20.1 Å².